The SMILES string of the molecule is CC(C)Oc1ccnc(N2CC(N)(C(C)C)C2)n1. The Morgan fingerprint density at radius 2 is 2.00 bits per heavy atom. The van der Waals surface area contributed by atoms with Crippen LogP contribution in [0.5, 0.6) is 5.88 Å². The Morgan fingerprint density at radius 1 is 1.33 bits per heavy atom. The molecule has 0 amide bonds. The van der Waals surface area contributed by atoms with E-state index in [1.807, 2.05) is 13.8 Å². The lowest BCUT2D eigenvalue weighted by Gasteiger charge is -2.50. The van der Waals surface area contributed by atoms with Crippen LogP contribution in [-0.4, -0.2) is 34.7 Å². The van der Waals surface area contributed by atoms with Crippen LogP contribution in [0.2, 0.25) is 0 Å². The summed E-state index contributed by atoms with van der Waals surface area (Å²) in [6.07, 6.45) is 1.85. The highest BCUT2D eigenvalue weighted by atomic mass is 16.5. The summed E-state index contributed by atoms with van der Waals surface area (Å²) < 4.78 is 5.56. The average Bonchev–Trinajstić information content (AvgIpc) is 2.23. The summed E-state index contributed by atoms with van der Waals surface area (Å²) in [4.78, 5) is 10.8. The number of aromatic nitrogens is 2. The number of rotatable bonds is 4. The Labute approximate surface area is 108 Å². The molecule has 1 aliphatic rings. The minimum atomic E-state index is -0.113. The third-order valence-corrected chi connectivity index (χ3v) is 3.38. The summed E-state index contributed by atoms with van der Waals surface area (Å²) in [6.45, 7) is 9.86. The molecule has 2 rings (SSSR count). The third-order valence-electron chi connectivity index (χ3n) is 3.38. The third kappa shape index (κ3) is 2.56. The normalized spacial score (nSPS) is 18.1. The van der Waals surface area contributed by atoms with Crippen molar-refractivity contribution >= 4 is 5.95 Å². The molecule has 0 saturated carbocycles. The maximum atomic E-state index is 6.26. The largest absolute Gasteiger partial charge is 0.475 e. The Kier molecular flexibility index (Phi) is 3.43. The molecule has 0 radical (unpaired) electrons. The molecule has 100 valence electrons. The molecule has 0 bridgehead atoms. The fraction of sp³-hybridized carbons (Fsp3) is 0.692. The molecule has 1 aromatic heterocycles. The molecule has 5 heteroatoms. The molecular weight excluding hydrogens is 228 g/mol. The van der Waals surface area contributed by atoms with Gasteiger partial charge in [0, 0.05) is 25.4 Å². The highest BCUT2D eigenvalue weighted by Gasteiger charge is 2.43. The van der Waals surface area contributed by atoms with Crippen molar-refractivity contribution in [3.8, 4) is 5.88 Å². The van der Waals surface area contributed by atoms with Crippen LogP contribution in [0, 0.1) is 5.92 Å². The predicted molar refractivity (Wildman–Crippen MR) is 71.8 cm³/mol. The van der Waals surface area contributed by atoms with E-state index >= 15 is 0 Å². The molecule has 0 atom stereocenters. The van der Waals surface area contributed by atoms with E-state index in [-0.39, 0.29) is 11.6 Å². The zero-order valence-electron chi connectivity index (χ0n) is 11.6. The summed E-state index contributed by atoms with van der Waals surface area (Å²) in [7, 11) is 0. The molecule has 1 aromatic rings. The minimum absolute atomic E-state index is 0.113. The average molecular weight is 250 g/mol. The number of hydrogen-bond acceptors (Lipinski definition) is 5. The summed E-state index contributed by atoms with van der Waals surface area (Å²) in [6, 6.07) is 1.78. The quantitative estimate of drug-likeness (QED) is 0.876. The molecule has 0 aromatic carbocycles. The Morgan fingerprint density at radius 3 is 2.56 bits per heavy atom. The molecule has 1 saturated heterocycles. The van der Waals surface area contributed by atoms with Crippen LogP contribution in [0.3, 0.4) is 0 Å². The van der Waals surface area contributed by atoms with Crippen LogP contribution < -0.4 is 15.4 Å². The van der Waals surface area contributed by atoms with Crippen molar-refractivity contribution in [3.63, 3.8) is 0 Å². The van der Waals surface area contributed by atoms with E-state index in [0.717, 1.165) is 13.1 Å². The number of ether oxygens (including phenoxy) is 1. The fourth-order valence-electron chi connectivity index (χ4n) is 1.96. The Balaban J connectivity index is 2.03. The monoisotopic (exact) mass is 250 g/mol. The predicted octanol–water partition coefficient (Wildman–Crippen LogP) is 1.44. The van der Waals surface area contributed by atoms with Gasteiger partial charge in [-0.2, -0.15) is 4.98 Å². The maximum absolute atomic E-state index is 6.26. The van der Waals surface area contributed by atoms with Crippen molar-refractivity contribution in [1.29, 1.82) is 0 Å². The highest BCUT2D eigenvalue weighted by molar-refractivity contribution is 5.39. The smallest absolute Gasteiger partial charge is 0.228 e. The van der Waals surface area contributed by atoms with Gasteiger partial charge in [-0.25, -0.2) is 4.98 Å². The van der Waals surface area contributed by atoms with Gasteiger partial charge in [0.25, 0.3) is 0 Å². The second-order valence-electron chi connectivity index (χ2n) is 5.61. The van der Waals surface area contributed by atoms with Gasteiger partial charge in [0.05, 0.1) is 11.6 Å². The molecule has 1 fully saturated rings. The van der Waals surface area contributed by atoms with Crippen molar-refractivity contribution in [3.05, 3.63) is 12.3 Å². The van der Waals surface area contributed by atoms with E-state index in [1.165, 1.54) is 0 Å². The van der Waals surface area contributed by atoms with Crippen molar-refractivity contribution in [1.82, 2.24) is 9.97 Å². The zero-order valence-corrected chi connectivity index (χ0v) is 11.6. The van der Waals surface area contributed by atoms with Gasteiger partial charge < -0.3 is 15.4 Å². The molecule has 0 aliphatic carbocycles. The lowest BCUT2D eigenvalue weighted by Crippen LogP contribution is -2.70. The van der Waals surface area contributed by atoms with Crippen LogP contribution in [-0.2, 0) is 0 Å². The van der Waals surface area contributed by atoms with Crippen LogP contribution >= 0.6 is 0 Å². The standard InChI is InChI=1S/C13H22N4O/c1-9(2)13(14)7-17(8-13)12-15-6-5-11(16-12)18-10(3)4/h5-6,9-10H,7-8,14H2,1-4H3. The van der Waals surface area contributed by atoms with E-state index in [4.69, 9.17) is 10.5 Å². The van der Waals surface area contributed by atoms with Crippen LogP contribution in [0.25, 0.3) is 0 Å². The number of nitrogens with zero attached hydrogens (tertiary/aromatic N) is 3. The minimum Gasteiger partial charge on any atom is -0.475 e. The summed E-state index contributed by atoms with van der Waals surface area (Å²) in [5.74, 6) is 1.78. The van der Waals surface area contributed by atoms with E-state index in [2.05, 4.69) is 28.7 Å². The van der Waals surface area contributed by atoms with Gasteiger partial charge in [-0.3, -0.25) is 0 Å². The summed E-state index contributed by atoms with van der Waals surface area (Å²) in [5.41, 5.74) is 6.15. The van der Waals surface area contributed by atoms with E-state index < -0.39 is 0 Å². The van der Waals surface area contributed by atoms with Gasteiger partial charge in [-0.1, -0.05) is 13.8 Å². The van der Waals surface area contributed by atoms with Gasteiger partial charge >= 0.3 is 0 Å². The fourth-order valence-corrected chi connectivity index (χ4v) is 1.96. The first kappa shape index (κ1) is 13.1. The van der Waals surface area contributed by atoms with Gasteiger partial charge in [0.1, 0.15) is 0 Å². The first-order chi connectivity index (χ1) is 8.40. The first-order valence-electron chi connectivity index (χ1n) is 6.44. The zero-order chi connectivity index (χ0) is 13.3. The van der Waals surface area contributed by atoms with Crippen molar-refractivity contribution in [2.45, 2.75) is 39.3 Å². The maximum Gasteiger partial charge on any atom is 0.228 e. The van der Waals surface area contributed by atoms with Crippen molar-refractivity contribution in [2.75, 3.05) is 18.0 Å². The molecule has 18 heavy (non-hydrogen) atoms. The lowest BCUT2D eigenvalue weighted by atomic mass is 9.80. The van der Waals surface area contributed by atoms with Crippen LogP contribution in [0.1, 0.15) is 27.7 Å². The second kappa shape index (κ2) is 4.72. The number of nitrogens with two attached hydrogens (primary N) is 1. The van der Waals surface area contributed by atoms with E-state index in [1.54, 1.807) is 12.3 Å². The molecule has 2 N–H and O–H groups in total. The number of anilines is 1. The molecule has 1 aliphatic heterocycles. The van der Waals surface area contributed by atoms with Gasteiger partial charge in [0.2, 0.25) is 11.8 Å². The first-order valence-corrected chi connectivity index (χ1v) is 6.44. The Bertz CT molecular complexity index is 413. The molecule has 2 heterocycles. The topological polar surface area (TPSA) is 64.3 Å². The summed E-state index contributed by atoms with van der Waals surface area (Å²) in [5, 5.41) is 0. The van der Waals surface area contributed by atoms with Gasteiger partial charge in [0.15, 0.2) is 0 Å². The number of hydrogen-bond donors (Lipinski definition) is 1. The van der Waals surface area contributed by atoms with Gasteiger partial charge in [-0.15, -0.1) is 0 Å². The van der Waals surface area contributed by atoms with Gasteiger partial charge in [-0.05, 0) is 19.8 Å². The van der Waals surface area contributed by atoms with E-state index in [0.29, 0.717) is 17.7 Å². The molecule has 0 unspecified atom stereocenters. The van der Waals surface area contributed by atoms with Crippen LogP contribution in [0.15, 0.2) is 12.3 Å². The highest BCUT2D eigenvalue weighted by Crippen LogP contribution is 2.29. The Hall–Kier alpha value is -1.36. The van der Waals surface area contributed by atoms with Crippen LogP contribution in [0.4, 0.5) is 5.95 Å². The summed E-state index contributed by atoms with van der Waals surface area (Å²) >= 11 is 0. The molecular formula is C13H22N4O. The molecule has 0 spiro atoms. The molecule has 5 nitrogen and oxygen atoms in total. The van der Waals surface area contributed by atoms with Crippen molar-refractivity contribution < 1.29 is 4.74 Å². The van der Waals surface area contributed by atoms with Crippen molar-refractivity contribution in [2.24, 2.45) is 11.7 Å². The second-order valence-corrected chi connectivity index (χ2v) is 5.61. The van der Waals surface area contributed by atoms with E-state index in [9.17, 15) is 0 Å². The lowest BCUT2D eigenvalue weighted by molar-refractivity contribution is 0.227.